The number of carbonyl (C=O) groups excluding carboxylic acids is 2. The SMILES string of the molecule is CC(C)(N=NC1CCCCC1)NC(=O)NNC(=O)SNc1ccccc1. The van der Waals surface area contributed by atoms with Crippen molar-refractivity contribution in [3.05, 3.63) is 30.3 Å². The van der Waals surface area contributed by atoms with Crippen LogP contribution in [0.2, 0.25) is 0 Å². The molecule has 1 aromatic rings. The van der Waals surface area contributed by atoms with E-state index < -0.39 is 16.9 Å². The van der Waals surface area contributed by atoms with Crippen molar-refractivity contribution in [2.45, 2.75) is 57.7 Å². The number of amides is 3. The van der Waals surface area contributed by atoms with Gasteiger partial charge in [-0.1, -0.05) is 37.5 Å². The van der Waals surface area contributed by atoms with Crippen molar-refractivity contribution in [1.29, 1.82) is 0 Å². The van der Waals surface area contributed by atoms with Crippen LogP contribution in [0.15, 0.2) is 40.6 Å². The number of carbonyl (C=O) groups is 2. The molecule has 1 aliphatic carbocycles. The predicted molar refractivity (Wildman–Crippen MR) is 104 cm³/mol. The lowest BCUT2D eigenvalue weighted by Gasteiger charge is -2.23. The maximum atomic E-state index is 11.9. The molecule has 0 saturated heterocycles. The van der Waals surface area contributed by atoms with Crippen molar-refractivity contribution in [2.24, 2.45) is 10.2 Å². The maximum Gasteiger partial charge on any atom is 0.335 e. The monoisotopic (exact) mass is 378 g/mol. The Hall–Kier alpha value is -2.29. The van der Waals surface area contributed by atoms with E-state index in [4.69, 9.17) is 0 Å². The van der Waals surface area contributed by atoms with E-state index in [0.29, 0.717) is 0 Å². The molecule has 1 aliphatic rings. The largest absolute Gasteiger partial charge is 0.335 e. The third-order valence-corrected chi connectivity index (χ3v) is 4.40. The molecular weight excluding hydrogens is 352 g/mol. The van der Waals surface area contributed by atoms with Crippen LogP contribution in [0.5, 0.6) is 0 Å². The van der Waals surface area contributed by atoms with Crippen LogP contribution >= 0.6 is 11.9 Å². The molecule has 8 nitrogen and oxygen atoms in total. The van der Waals surface area contributed by atoms with Gasteiger partial charge in [-0.15, -0.1) is 0 Å². The van der Waals surface area contributed by atoms with Crippen molar-refractivity contribution >= 4 is 28.9 Å². The molecule has 4 N–H and O–H groups in total. The van der Waals surface area contributed by atoms with Crippen LogP contribution in [0.1, 0.15) is 46.0 Å². The first kappa shape index (κ1) is 20.0. The van der Waals surface area contributed by atoms with Crippen LogP contribution in [0, 0.1) is 0 Å². The van der Waals surface area contributed by atoms with Crippen molar-refractivity contribution in [3.63, 3.8) is 0 Å². The highest BCUT2D eigenvalue weighted by Crippen LogP contribution is 2.21. The smallest absolute Gasteiger partial charge is 0.322 e. The minimum absolute atomic E-state index is 0.244. The molecule has 1 fully saturated rings. The number of rotatable bonds is 5. The van der Waals surface area contributed by atoms with Gasteiger partial charge in [0.25, 0.3) is 0 Å². The maximum absolute atomic E-state index is 11.9. The summed E-state index contributed by atoms with van der Waals surface area (Å²) >= 11 is 0.834. The van der Waals surface area contributed by atoms with Crippen molar-refractivity contribution < 1.29 is 9.59 Å². The minimum Gasteiger partial charge on any atom is -0.322 e. The number of urea groups is 1. The molecule has 0 spiro atoms. The lowest BCUT2D eigenvalue weighted by Crippen LogP contribution is -2.52. The summed E-state index contributed by atoms with van der Waals surface area (Å²) in [6.07, 6.45) is 5.71. The average molecular weight is 379 g/mol. The second-order valence-electron chi connectivity index (χ2n) is 6.63. The summed E-state index contributed by atoms with van der Waals surface area (Å²) in [6.45, 7) is 3.51. The van der Waals surface area contributed by atoms with Gasteiger partial charge in [0.05, 0.1) is 6.04 Å². The molecule has 0 aromatic heterocycles. The third-order valence-electron chi connectivity index (χ3n) is 3.78. The molecule has 0 unspecified atom stereocenters. The molecule has 142 valence electrons. The Morgan fingerprint density at radius 2 is 1.77 bits per heavy atom. The number of benzene rings is 1. The molecule has 0 heterocycles. The fourth-order valence-corrected chi connectivity index (χ4v) is 2.95. The van der Waals surface area contributed by atoms with E-state index in [9.17, 15) is 9.59 Å². The highest BCUT2D eigenvalue weighted by Gasteiger charge is 2.21. The van der Waals surface area contributed by atoms with E-state index >= 15 is 0 Å². The van der Waals surface area contributed by atoms with Crippen LogP contribution in [0.25, 0.3) is 0 Å². The van der Waals surface area contributed by atoms with Gasteiger partial charge in [0.2, 0.25) is 0 Å². The van der Waals surface area contributed by atoms with Gasteiger partial charge in [-0.2, -0.15) is 10.2 Å². The van der Waals surface area contributed by atoms with Crippen LogP contribution in [0.3, 0.4) is 0 Å². The number of anilines is 1. The molecule has 0 atom stereocenters. The van der Waals surface area contributed by atoms with Gasteiger partial charge in [0, 0.05) is 17.6 Å². The number of nitrogens with one attached hydrogen (secondary N) is 4. The second kappa shape index (κ2) is 10.0. The van der Waals surface area contributed by atoms with E-state index in [1.807, 2.05) is 30.3 Å². The first-order chi connectivity index (χ1) is 12.4. The first-order valence-electron chi connectivity index (χ1n) is 8.73. The van der Waals surface area contributed by atoms with Gasteiger partial charge < -0.3 is 10.0 Å². The number of nitrogens with zero attached hydrogens (tertiary/aromatic N) is 2. The molecule has 1 saturated carbocycles. The Balaban J connectivity index is 1.67. The predicted octanol–water partition coefficient (Wildman–Crippen LogP) is 4.19. The standard InChI is InChI=1S/C17H26N6O2S/c1-17(2,23-19-13-9-5-3-6-10-13)18-15(24)20-21-16(25)26-22-14-11-7-4-8-12-14/h4,7-8,11-13,22H,3,5-6,9-10H2,1-2H3,(H,21,25)(H2,18,20,24). The zero-order chi connectivity index (χ0) is 18.8. The Bertz CT molecular complexity index is 617. The van der Waals surface area contributed by atoms with Gasteiger partial charge in [0.15, 0.2) is 0 Å². The molecule has 2 rings (SSSR count). The number of hydrazine groups is 1. The summed E-state index contributed by atoms with van der Waals surface area (Å²) in [4.78, 5) is 23.6. The summed E-state index contributed by atoms with van der Waals surface area (Å²) < 4.78 is 2.87. The topological polar surface area (TPSA) is 107 Å². The van der Waals surface area contributed by atoms with Gasteiger partial charge >= 0.3 is 11.3 Å². The fourth-order valence-electron chi connectivity index (χ4n) is 2.50. The molecule has 26 heavy (non-hydrogen) atoms. The summed E-state index contributed by atoms with van der Waals surface area (Å²) in [5.41, 5.74) is 4.56. The molecule has 0 bridgehead atoms. The third kappa shape index (κ3) is 7.73. The van der Waals surface area contributed by atoms with Crippen LogP contribution in [0.4, 0.5) is 15.3 Å². The van der Waals surface area contributed by atoms with Crippen molar-refractivity contribution in [3.8, 4) is 0 Å². The molecule has 1 aromatic carbocycles. The minimum atomic E-state index is -0.846. The summed E-state index contributed by atoms with van der Waals surface area (Å²) in [5, 5.41) is 10.8. The van der Waals surface area contributed by atoms with Gasteiger partial charge in [0.1, 0.15) is 5.66 Å². The average Bonchev–Trinajstić information content (AvgIpc) is 2.64. The summed E-state index contributed by atoms with van der Waals surface area (Å²) in [7, 11) is 0. The van der Waals surface area contributed by atoms with Crippen LogP contribution in [-0.2, 0) is 0 Å². The Morgan fingerprint density at radius 3 is 2.46 bits per heavy atom. The molecule has 0 aliphatic heterocycles. The van der Waals surface area contributed by atoms with Gasteiger partial charge in [-0.25, -0.2) is 10.2 Å². The summed E-state index contributed by atoms with van der Waals surface area (Å²) in [6, 6.07) is 8.96. The fraction of sp³-hybridized carbons (Fsp3) is 0.529. The number of hydrogen-bond donors (Lipinski definition) is 4. The van der Waals surface area contributed by atoms with Gasteiger partial charge in [-0.3, -0.25) is 10.2 Å². The molecule has 9 heteroatoms. The lowest BCUT2D eigenvalue weighted by molar-refractivity contribution is 0.222. The second-order valence-corrected chi connectivity index (χ2v) is 7.41. The lowest BCUT2D eigenvalue weighted by atomic mass is 9.96. The van der Waals surface area contributed by atoms with Gasteiger partial charge in [-0.05, 0) is 38.8 Å². The quantitative estimate of drug-likeness (QED) is 0.350. The number of hydrogen-bond acceptors (Lipinski definition) is 6. The Labute approximate surface area is 158 Å². The van der Waals surface area contributed by atoms with E-state index in [-0.39, 0.29) is 6.04 Å². The number of azo groups is 1. The zero-order valence-electron chi connectivity index (χ0n) is 15.1. The Kier molecular flexibility index (Phi) is 7.71. The number of para-hydroxylation sites is 1. The van der Waals surface area contributed by atoms with E-state index in [0.717, 1.165) is 30.5 Å². The highest BCUT2D eigenvalue weighted by molar-refractivity contribution is 8.14. The van der Waals surface area contributed by atoms with E-state index in [2.05, 4.69) is 31.1 Å². The molecular formula is C17H26N6O2S. The first-order valence-corrected chi connectivity index (χ1v) is 9.54. The molecule has 0 radical (unpaired) electrons. The molecule has 3 amide bonds. The zero-order valence-corrected chi connectivity index (χ0v) is 15.9. The van der Waals surface area contributed by atoms with Crippen LogP contribution < -0.4 is 20.9 Å². The highest BCUT2D eigenvalue weighted by atomic mass is 32.2. The van der Waals surface area contributed by atoms with Crippen molar-refractivity contribution in [2.75, 3.05) is 4.72 Å². The normalized spacial score (nSPS) is 15.5. The van der Waals surface area contributed by atoms with E-state index in [1.165, 1.54) is 19.3 Å². The summed E-state index contributed by atoms with van der Waals surface area (Å²) in [5.74, 6) is 0. The van der Waals surface area contributed by atoms with Crippen LogP contribution in [-0.4, -0.2) is 23.0 Å². The van der Waals surface area contributed by atoms with Crippen molar-refractivity contribution in [1.82, 2.24) is 16.2 Å². The van der Waals surface area contributed by atoms with E-state index in [1.54, 1.807) is 13.8 Å². The Morgan fingerprint density at radius 1 is 1.08 bits per heavy atom.